The third-order valence-corrected chi connectivity index (χ3v) is 8.76. The molecule has 0 aromatic heterocycles. The quantitative estimate of drug-likeness (QED) is 0.306. The Morgan fingerprint density at radius 1 is 0.838 bits per heavy atom. The smallest absolute Gasteiger partial charge is 0.172 e. The van der Waals surface area contributed by atoms with Crippen molar-refractivity contribution < 1.29 is 8.42 Å². The molecule has 2 aromatic rings. The molecule has 5 nitrogen and oxygen atoms in total. The number of likely N-dealkylation sites (N-methyl/N-ethyl adjacent to an activating group) is 1. The van der Waals surface area contributed by atoms with Gasteiger partial charge in [-0.05, 0) is 67.5 Å². The number of rotatable bonds is 12. The lowest BCUT2D eigenvalue weighted by Gasteiger charge is -2.37. The number of nitrogens with one attached hydrogen (secondary N) is 2. The molecule has 198 valence electrons. The Bertz CT molecular complexity index is 1280. The zero-order valence-corrected chi connectivity index (χ0v) is 23.4. The number of allylic oxidation sites excluding steroid dienone is 2. The van der Waals surface area contributed by atoms with E-state index < -0.39 is 9.84 Å². The first-order chi connectivity index (χ1) is 17.9. The highest BCUT2D eigenvalue weighted by Crippen LogP contribution is 2.48. The molecule has 6 heteroatoms. The van der Waals surface area contributed by atoms with E-state index in [0.29, 0.717) is 10.1 Å². The maximum atomic E-state index is 13.9. The zero-order valence-electron chi connectivity index (χ0n) is 22.6. The Balaban J connectivity index is 1.82. The second-order valence-electron chi connectivity index (χ2n) is 9.60. The summed E-state index contributed by atoms with van der Waals surface area (Å²) >= 11 is 0. The fraction of sp³-hybridized carbons (Fsp3) is 0.387. The Morgan fingerprint density at radius 2 is 1.51 bits per heavy atom. The van der Waals surface area contributed by atoms with Gasteiger partial charge in [-0.1, -0.05) is 56.0 Å². The standard InChI is InChI=1S/C31H40N3O2S/c1-5-9-19-34(20-10-6-2)26-15-11-23(12-16-26)31-27-17-13-24(32-7-3)21-29(27)37(35,36)30-22-25(33-8-4)14-18-28(30)31/h11-18,21-22,32-33H,5-10,19-20H2,1-4H3/q-1. The average Bonchev–Trinajstić information content (AvgIpc) is 2.90. The molecule has 2 aliphatic rings. The van der Waals surface area contributed by atoms with E-state index in [0.717, 1.165) is 59.8 Å². The lowest BCUT2D eigenvalue weighted by Crippen LogP contribution is -2.26. The normalized spacial score (nSPS) is 15.7. The van der Waals surface area contributed by atoms with Gasteiger partial charge in [-0.15, -0.1) is 23.8 Å². The molecular formula is C31H40N3O2S-. The first kappa shape index (κ1) is 26.9. The topological polar surface area (TPSA) is 61.4 Å². The number of anilines is 2. The lowest BCUT2D eigenvalue weighted by atomic mass is 9.88. The summed E-state index contributed by atoms with van der Waals surface area (Å²) in [4.78, 5) is 2.83. The molecule has 0 saturated heterocycles. The van der Waals surface area contributed by atoms with Crippen LogP contribution < -0.4 is 15.5 Å². The van der Waals surface area contributed by atoms with Crippen molar-refractivity contribution in [1.29, 1.82) is 0 Å². The molecule has 4 rings (SSSR count). The fourth-order valence-corrected chi connectivity index (χ4v) is 6.73. The number of nitrogens with zero attached hydrogens (tertiary/aromatic N) is 1. The van der Waals surface area contributed by atoms with Gasteiger partial charge in [-0.3, -0.25) is 0 Å². The zero-order chi connectivity index (χ0) is 26.4. The molecule has 1 aliphatic carbocycles. The number of sulfone groups is 1. The highest BCUT2D eigenvalue weighted by atomic mass is 32.2. The van der Waals surface area contributed by atoms with Crippen molar-refractivity contribution in [3.8, 4) is 0 Å². The molecule has 1 aliphatic heterocycles. The SMILES string of the molecule is CCCCN(CCCC)c1ccc(C2=C3C=CC(NCC)=C[C-]3S(=O)(=O)c3cc(NCC)ccc32)cc1. The van der Waals surface area contributed by atoms with Crippen LogP contribution in [0.2, 0.25) is 0 Å². The van der Waals surface area contributed by atoms with Crippen molar-refractivity contribution in [2.75, 3.05) is 36.4 Å². The summed E-state index contributed by atoms with van der Waals surface area (Å²) in [6.45, 7) is 12.0. The summed E-state index contributed by atoms with van der Waals surface area (Å²) in [6.07, 6.45) is 10.4. The summed E-state index contributed by atoms with van der Waals surface area (Å²) in [7, 11) is -3.68. The van der Waals surface area contributed by atoms with E-state index in [2.05, 4.69) is 53.6 Å². The summed E-state index contributed by atoms with van der Waals surface area (Å²) in [5, 5.41) is 6.89. The van der Waals surface area contributed by atoms with Crippen molar-refractivity contribution >= 4 is 26.8 Å². The van der Waals surface area contributed by atoms with Crippen LogP contribution in [-0.4, -0.2) is 34.6 Å². The van der Waals surface area contributed by atoms with E-state index in [9.17, 15) is 8.42 Å². The largest absolute Gasteiger partial charge is 0.424 e. The summed E-state index contributed by atoms with van der Waals surface area (Å²) < 4.78 is 27.7. The second kappa shape index (κ2) is 12.0. The van der Waals surface area contributed by atoms with Gasteiger partial charge in [0.15, 0.2) is 9.84 Å². The van der Waals surface area contributed by atoms with E-state index in [-0.39, 0.29) is 0 Å². The van der Waals surface area contributed by atoms with Crippen molar-refractivity contribution in [2.24, 2.45) is 0 Å². The van der Waals surface area contributed by atoms with Gasteiger partial charge < -0.3 is 15.5 Å². The Morgan fingerprint density at radius 3 is 2.14 bits per heavy atom. The maximum Gasteiger partial charge on any atom is 0.172 e. The van der Waals surface area contributed by atoms with Gasteiger partial charge in [0.05, 0.1) is 4.90 Å². The van der Waals surface area contributed by atoms with E-state index >= 15 is 0 Å². The summed E-state index contributed by atoms with van der Waals surface area (Å²) in [6, 6.07) is 14.4. The number of fused-ring (bicyclic) bond motifs is 2. The molecule has 0 atom stereocenters. The van der Waals surface area contributed by atoms with Gasteiger partial charge >= 0.3 is 0 Å². The van der Waals surface area contributed by atoms with Crippen molar-refractivity contribution in [3.63, 3.8) is 0 Å². The van der Waals surface area contributed by atoms with Gasteiger partial charge in [0.2, 0.25) is 0 Å². The van der Waals surface area contributed by atoms with Crippen molar-refractivity contribution in [3.05, 3.63) is 88.3 Å². The van der Waals surface area contributed by atoms with Crippen LogP contribution in [-0.2, 0) is 9.84 Å². The molecular weight excluding hydrogens is 478 g/mol. The average molecular weight is 519 g/mol. The van der Waals surface area contributed by atoms with Gasteiger partial charge in [-0.2, -0.15) is 0 Å². The van der Waals surface area contributed by atoms with Crippen LogP contribution in [0.3, 0.4) is 0 Å². The molecule has 0 spiro atoms. The van der Waals surface area contributed by atoms with E-state index in [1.807, 2.05) is 38.1 Å². The number of unbranched alkanes of at least 4 members (excludes halogenated alkanes) is 2. The molecule has 0 fully saturated rings. The van der Waals surface area contributed by atoms with Gasteiger partial charge in [-0.25, -0.2) is 8.42 Å². The third kappa shape index (κ3) is 5.59. The lowest BCUT2D eigenvalue weighted by molar-refractivity contribution is 0.598. The Kier molecular flexibility index (Phi) is 8.70. The number of benzene rings is 2. The van der Waals surface area contributed by atoms with E-state index in [1.165, 1.54) is 31.4 Å². The van der Waals surface area contributed by atoms with Gasteiger partial charge in [0.25, 0.3) is 0 Å². The minimum Gasteiger partial charge on any atom is -0.424 e. The van der Waals surface area contributed by atoms with Crippen molar-refractivity contribution in [1.82, 2.24) is 5.32 Å². The number of hydrogen-bond acceptors (Lipinski definition) is 5. The van der Waals surface area contributed by atoms with Gasteiger partial charge in [0, 0.05) is 37.6 Å². The predicted octanol–water partition coefficient (Wildman–Crippen LogP) is 6.71. The first-order valence-electron chi connectivity index (χ1n) is 13.7. The van der Waals surface area contributed by atoms with Crippen LogP contribution in [0.1, 0.15) is 64.5 Å². The molecule has 0 saturated carbocycles. The Labute approximate surface area is 223 Å². The van der Waals surface area contributed by atoms with Crippen LogP contribution in [0.4, 0.5) is 11.4 Å². The van der Waals surface area contributed by atoms with Gasteiger partial charge in [0.1, 0.15) is 0 Å². The van der Waals surface area contributed by atoms with E-state index in [1.54, 1.807) is 12.1 Å². The van der Waals surface area contributed by atoms with Crippen LogP contribution in [0.15, 0.2) is 76.9 Å². The highest BCUT2D eigenvalue weighted by molar-refractivity contribution is 7.95. The van der Waals surface area contributed by atoms with Crippen LogP contribution in [0.5, 0.6) is 0 Å². The maximum absolute atomic E-state index is 13.9. The molecule has 0 amide bonds. The highest BCUT2D eigenvalue weighted by Gasteiger charge is 2.33. The summed E-state index contributed by atoms with van der Waals surface area (Å²) in [5.74, 6) is 0. The molecule has 2 aromatic carbocycles. The Hall–Kier alpha value is -3.12. The van der Waals surface area contributed by atoms with E-state index in [4.69, 9.17) is 0 Å². The second-order valence-corrected chi connectivity index (χ2v) is 11.5. The van der Waals surface area contributed by atoms with Crippen LogP contribution in [0.25, 0.3) is 5.57 Å². The molecule has 2 N–H and O–H groups in total. The predicted molar refractivity (Wildman–Crippen MR) is 156 cm³/mol. The van der Waals surface area contributed by atoms with Crippen molar-refractivity contribution in [2.45, 2.75) is 58.3 Å². The molecule has 1 heterocycles. The van der Waals surface area contributed by atoms with Crippen LogP contribution >= 0.6 is 0 Å². The fourth-order valence-electron chi connectivity index (χ4n) is 5.01. The molecule has 0 radical (unpaired) electrons. The first-order valence-corrected chi connectivity index (χ1v) is 15.2. The van der Waals surface area contributed by atoms with Crippen LogP contribution in [0, 0.1) is 5.25 Å². The minimum atomic E-state index is -3.68. The summed E-state index contributed by atoms with van der Waals surface area (Å²) in [5.41, 5.74) is 6.35. The molecule has 0 bridgehead atoms. The molecule has 37 heavy (non-hydrogen) atoms. The number of hydrogen-bond donors (Lipinski definition) is 2. The molecule has 0 unspecified atom stereocenters. The third-order valence-electron chi connectivity index (χ3n) is 6.93. The minimum absolute atomic E-state index is 0.360. The monoisotopic (exact) mass is 518 g/mol.